The van der Waals surface area contributed by atoms with E-state index in [1.165, 1.54) is 0 Å². The van der Waals surface area contributed by atoms with Gasteiger partial charge in [0.2, 0.25) is 0 Å². The number of fused-ring (bicyclic) bond motifs is 1. The molecule has 1 aliphatic rings. The maximum Gasteiger partial charge on any atom is 0.253 e. The van der Waals surface area contributed by atoms with Gasteiger partial charge in [-0.3, -0.25) is 4.79 Å². The lowest BCUT2D eigenvalue weighted by molar-refractivity contribution is 0.0761. The first-order valence-electron chi connectivity index (χ1n) is 8.85. The summed E-state index contributed by atoms with van der Waals surface area (Å²) in [6, 6.07) is 5.66. The third-order valence-electron chi connectivity index (χ3n) is 4.74. The monoisotopic (exact) mass is 326 g/mol. The van der Waals surface area contributed by atoms with E-state index in [9.17, 15) is 4.79 Å². The number of nitrogens with zero attached hydrogens (tertiary/aromatic N) is 4. The molecule has 0 saturated carbocycles. The topological polar surface area (TPSA) is 49.3 Å². The van der Waals surface area contributed by atoms with Crippen LogP contribution in [0.5, 0.6) is 0 Å². The highest BCUT2D eigenvalue weighted by molar-refractivity contribution is 5.97. The molecular formula is C19H26N4O. The van der Waals surface area contributed by atoms with Crippen LogP contribution in [0.1, 0.15) is 41.5 Å². The summed E-state index contributed by atoms with van der Waals surface area (Å²) < 4.78 is 0. The maximum atomic E-state index is 12.9. The Morgan fingerprint density at radius 1 is 1.04 bits per heavy atom. The number of hydrogen-bond donors (Lipinski definition) is 0. The van der Waals surface area contributed by atoms with E-state index in [0.29, 0.717) is 5.56 Å². The van der Waals surface area contributed by atoms with Crippen LogP contribution in [0, 0.1) is 13.8 Å². The van der Waals surface area contributed by atoms with Crippen LogP contribution in [-0.2, 0) is 0 Å². The van der Waals surface area contributed by atoms with Crippen LogP contribution in [0.3, 0.4) is 0 Å². The molecule has 24 heavy (non-hydrogen) atoms. The van der Waals surface area contributed by atoms with Crippen molar-refractivity contribution in [1.29, 1.82) is 0 Å². The molecule has 0 unspecified atom stereocenters. The summed E-state index contributed by atoms with van der Waals surface area (Å²) in [6.07, 6.45) is 2.20. The lowest BCUT2D eigenvalue weighted by Gasteiger charge is -2.21. The van der Waals surface area contributed by atoms with Crippen molar-refractivity contribution in [2.45, 2.75) is 33.6 Å². The first kappa shape index (κ1) is 16.8. The van der Waals surface area contributed by atoms with E-state index in [0.717, 1.165) is 68.0 Å². The molecule has 0 N–H and O–H groups in total. The molecule has 3 rings (SSSR count). The van der Waals surface area contributed by atoms with Crippen molar-refractivity contribution in [2.24, 2.45) is 0 Å². The van der Waals surface area contributed by atoms with Crippen molar-refractivity contribution in [1.82, 2.24) is 19.8 Å². The molecule has 0 bridgehead atoms. The van der Waals surface area contributed by atoms with Crippen LogP contribution in [0.15, 0.2) is 18.2 Å². The SMILES string of the molecule is CCCN1CCCN(C(=O)c2ccc3nc(C)c(C)nc3c2)CC1. The van der Waals surface area contributed by atoms with Gasteiger partial charge in [0.25, 0.3) is 5.91 Å². The lowest BCUT2D eigenvalue weighted by Crippen LogP contribution is -2.35. The fraction of sp³-hybridized carbons (Fsp3) is 0.526. The summed E-state index contributed by atoms with van der Waals surface area (Å²) in [7, 11) is 0. The number of rotatable bonds is 3. The average Bonchev–Trinajstić information content (AvgIpc) is 2.81. The Morgan fingerprint density at radius 2 is 1.79 bits per heavy atom. The normalized spacial score (nSPS) is 16.4. The van der Waals surface area contributed by atoms with Crippen LogP contribution in [0.4, 0.5) is 0 Å². The number of amides is 1. The van der Waals surface area contributed by atoms with Gasteiger partial charge < -0.3 is 9.80 Å². The van der Waals surface area contributed by atoms with Gasteiger partial charge in [0.05, 0.1) is 22.4 Å². The Kier molecular flexibility index (Phi) is 5.09. The summed E-state index contributed by atoms with van der Waals surface area (Å²) >= 11 is 0. The molecule has 0 aliphatic carbocycles. The molecule has 1 saturated heterocycles. The predicted molar refractivity (Wildman–Crippen MR) is 96.3 cm³/mol. The van der Waals surface area contributed by atoms with Crippen LogP contribution in [0.25, 0.3) is 11.0 Å². The highest BCUT2D eigenvalue weighted by Gasteiger charge is 2.20. The van der Waals surface area contributed by atoms with Crippen molar-refractivity contribution in [3.8, 4) is 0 Å². The first-order valence-corrected chi connectivity index (χ1v) is 8.85. The summed E-state index contributed by atoms with van der Waals surface area (Å²) in [5.74, 6) is 0.107. The Bertz CT molecular complexity index is 743. The molecule has 2 aromatic rings. The van der Waals surface area contributed by atoms with E-state index in [2.05, 4.69) is 21.8 Å². The van der Waals surface area contributed by atoms with Crippen molar-refractivity contribution in [2.75, 3.05) is 32.7 Å². The second kappa shape index (κ2) is 7.26. The van der Waals surface area contributed by atoms with Crippen LogP contribution < -0.4 is 0 Å². The molecule has 2 heterocycles. The fourth-order valence-electron chi connectivity index (χ4n) is 3.26. The van der Waals surface area contributed by atoms with Gasteiger partial charge >= 0.3 is 0 Å². The van der Waals surface area contributed by atoms with Gasteiger partial charge in [-0.1, -0.05) is 6.92 Å². The standard InChI is InChI=1S/C19H26N4O/c1-4-8-22-9-5-10-23(12-11-22)19(24)16-6-7-17-18(13-16)21-15(3)14(2)20-17/h6-7,13H,4-5,8-12H2,1-3H3. The fourth-order valence-corrected chi connectivity index (χ4v) is 3.26. The Labute approximate surface area is 143 Å². The van der Waals surface area contributed by atoms with Crippen molar-refractivity contribution < 1.29 is 4.79 Å². The number of hydrogen-bond acceptors (Lipinski definition) is 4. The number of carbonyl (C=O) groups excluding carboxylic acids is 1. The molecule has 0 radical (unpaired) electrons. The highest BCUT2D eigenvalue weighted by Crippen LogP contribution is 2.17. The van der Waals surface area contributed by atoms with E-state index in [-0.39, 0.29) is 5.91 Å². The van der Waals surface area contributed by atoms with Crippen LogP contribution in [0.2, 0.25) is 0 Å². The largest absolute Gasteiger partial charge is 0.337 e. The van der Waals surface area contributed by atoms with Crippen LogP contribution in [-0.4, -0.2) is 58.4 Å². The number of aryl methyl sites for hydroxylation is 2. The van der Waals surface area contributed by atoms with E-state index < -0.39 is 0 Å². The molecule has 1 fully saturated rings. The van der Waals surface area contributed by atoms with Crippen molar-refractivity contribution in [3.05, 3.63) is 35.2 Å². The Morgan fingerprint density at radius 3 is 2.54 bits per heavy atom. The van der Waals surface area contributed by atoms with Gasteiger partial charge in [0, 0.05) is 25.2 Å². The zero-order valence-electron chi connectivity index (χ0n) is 14.9. The molecule has 5 nitrogen and oxygen atoms in total. The molecule has 5 heteroatoms. The number of aromatic nitrogens is 2. The predicted octanol–water partition coefficient (Wildman–Crippen LogP) is 2.80. The minimum Gasteiger partial charge on any atom is -0.337 e. The molecular weight excluding hydrogens is 300 g/mol. The number of benzene rings is 1. The van der Waals surface area contributed by atoms with Crippen molar-refractivity contribution in [3.63, 3.8) is 0 Å². The third kappa shape index (κ3) is 3.56. The van der Waals surface area contributed by atoms with Gasteiger partial charge in [-0.25, -0.2) is 9.97 Å². The number of carbonyl (C=O) groups is 1. The van der Waals surface area contributed by atoms with Gasteiger partial charge in [0.15, 0.2) is 0 Å². The van der Waals surface area contributed by atoms with Gasteiger partial charge in [-0.15, -0.1) is 0 Å². The highest BCUT2D eigenvalue weighted by atomic mass is 16.2. The summed E-state index contributed by atoms with van der Waals surface area (Å²) in [5.41, 5.74) is 4.21. The lowest BCUT2D eigenvalue weighted by atomic mass is 10.1. The van der Waals surface area contributed by atoms with Gasteiger partial charge in [0.1, 0.15) is 0 Å². The quantitative estimate of drug-likeness (QED) is 0.870. The smallest absolute Gasteiger partial charge is 0.253 e. The van der Waals surface area contributed by atoms with E-state index in [1.54, 1.807) is 0 Å². The minimum absolute atomic E-state index is 0.107. The first-order chi connectivity index (χ1) is 11.6. The second-order valence-corrected chi connectivity index (χ2v) is 6.59. The van der Waals surface area contributed by atoms with E-state index in [1.807, 2.05) is 36.9 Å². The van der Waals surface area contributed by atoms with Gasteiger partial charge in [-0.2, -0.15) is 0 Å². The molecule has 128 valence electrons. The van der Waals surface area contributed by atoms with E-state index >= 15 is 0 Å². The van der Waals surface area contributed by atoms with Gasteiger partial charge in [-0.05, 0) is 58.0 Å². The Balaban J connectivity index is 1.79. The average molecular weight is 326 g/mol. The molecule has 1 aromatic heterocycles. The zero-order valence-corrected chi connectivity index (χ0v) is 14.9. The van der Waals surface area contributed by atoms with Crippen molar-refractivity contribution >= 4 is 16.9 Å². The summed E-state index contributed by atoms with van der Waals surface area (Å²) in [5, 5.41) is 0. The molecule has 1 amide bonds. The molecule has 0 atom stereocenters. The third-order valence-corrected chi connectivity index (χ3v) is 4.74. The Hall–Kier alpha value is -2.01. The zero-order chi connectivity index (χ0) is 17.1. The summed E-state index contributed by atoms with van der Waals surface area (Å²) in [4.78, 5) is 26.4. The molecule has 0 spiro atoms. The molecule has 1 aromatic carbocycles. The molecule has 1 aliphatic heterocycles. The maximum absolute atomic E-state index is 12.9. The minimum atomic E-state index is 0.107. The second-order valence-electron chi connectivity index (χ2n) is 6.59. The van der Waals surface area contributed by atoms with Crippen LogP contribution >= 0.6 is 0 Å². The summed E-state index contributed by atoms with van der Waals surface area (Å²) in [6.45, 7) is 10.9. The van der Waals surface area contributed by atoms with E-state index in [4.69, 9.17) is 0 Å².